The molecule has 0 fully saturated rings. The SMILES string of the molecule is COCC#Cc1cnc2c(c1)C(=O)N([C@@H](C)CO)C[C@@H](C)[C@H](CN(C)Cc1ccc(F)cc1)O2. The van der Waals surface area contributed by atoms with Crippen LogP contribution < -0.4 is 4.74 Å². The summed E-state index contributed by atoms with van der Waals surface area (Å²) in [6.45, 7) is 5.59. The molecule has 1 N–H and O–H groups in total. The van der Waals surface area contributed by atoms with Gasteiger partial charge in [0.05, 0.1) is 12.6 Å². The van der Waals surface area contributed by atoms with Crippen LogP contribution in [0.3, 0.4) is 0 Å². The molecule has 182 valence electrons. The van der Waals surface area contributed by atoms with Crippen LogP contribution in [0.25, 0.3) is 0 Å². The molecule has 1 aliphatic rings. The maximum Gasteiger partial charge on any atom is 0.259 e. The highest BCUT2D eigenvalue weighted by Gasteiger charge is 2.34. The van der Waals surface area contributed by atoms with Gasteiger partial charge in [-0.3, -0.25) is 9.69 Å². The standard InChI is InChI=1S/C26H32FN3O4/c1-18-14-30(19(2)17-31)26(32)23-12-21(6-5-11-33-4)13-28-25(23)34-24(18)16-29(3)15-20-7-9-22(27)10-8-20/h7-10,12-13,18-19,24,31H,11,14-17H2,1-4H3/t18-,19+,24+/m1/s1. The van der Waals surface area contributed by atoms with Crippen molar-refractivity contribution in [2.24, 2.45) is 5.92 Å². The van der Waals surface area contributed by atoms with Crippen LogP contribution in [0, 0.1) is 23.6 Å². The van der Waals surface area contributed by atoms with E-state index in [2.05, 4.69) is 21.7 Å². The van der Waals surface area contributed by atoms with Crippen molar-refractivity contribution in [3.63, 3.8) is 0 Å². The van der Waals surface area contributed by atoms with Crippen molar-refractivity contribution in [2.75, 3.05) is 40.5 Å². The predicted octanol–water partition coefficient (Wildman–Crippen LogP) is 2.57. The van der Waals surface area contributed by atoms with Gasteiger partial charge in [-0.15, -0.1) is 0 Å². The second kappa shape index (κ2) is 11.9. The Morgan fingerprint density at radius 3 is 2.79 bits per heavy atom. The number of aliphatic hydroxyl groups excluding tert-OH is 1. The Kier molecular flexibility index (Phi) is 8.99. The molecular weight excluding hydrogens is 437 g/mol. The molecule has 3 atom stereocenters. The lowest BCUT2D eigenvalue weighted by Gasteiger charge is -2.37. The van der Waals surface area contributed by atoms with Crippen molar-refractivity contribution in [1.82, 2.24) is 14.8 Å². The number of hydrogen-bond donors (Lipinski definition) is 1. The summed E-state index contributed by atoms with van der Waals surface area (Å²) in [7, 11) is 3.54. The highest BCUT2D eigenvalue weighted by Crippen LogP contribution is 2.27. The number of likely N-dealkylation sites (N-methyl/N-ethyl adjacent to an activating group) is 1. The van der Waals surface area contributed by atoms with E-state index in [1.54, 1.807) is 36.4 Å². The Morgan fingerprint density at radius 1 is 1.38 bits per heavy atom. The first-order valence-corrected chi connectivity index (χ1v) is 11.3. The van der Waals surface area contributed by atoms with Crippen LogP contribution in [0.1, 0.15) is 35.3 Å². The van der Waals surface area contributed by atoms with Crippen LogP contribution in [0.15, 0.2) is 36.5 Å². The van der Waals surface area contributed by atoms with Crippen LogP contribution >= 0.6 is 0 Å². The molecule has 1 amide bonds. The molecule has 8 heteroatoms. The van der Waals surface area contributed by atoms with E-state index in [-0.39, 0.29) is 48.9 Å². The minimum atomic E-state index is -0.360. The molecule has 2 aromatic rings. The highest BCUT2D eigenvalue weighted by molar-refractivity contribution is 5.97. The fourth-order valence-electron chi connectivity index (χ4n) is 3.87. The number of benzene rings is 1. The van der Waals surface area contributed by atoms with E-state index in [1.807, 2.05) is 20.9 Å². The monoisotopic (exact) mass is 469 g/mol. The fraction of sp³-hybridized carbons (Fsp3) is 0.462. The van der Waals surface area contributed by atoms with E-state index < -0.39 is 0 Å². The molecule has 3 rings (SSSR count). The fourth-order valence-corrected chi connectivity index (χ4v) is 3.87. The average molecular weight is 470 g/mol. The quantitative estimate of drug-likeness (QED) is 0.629. The largest absolute Gasteiger partial charge is 0.472 e. The lowest BCUT2D eigenvalue weighted by Crippen LogP contribution is -2.49. The first-order chi connectivity index (χ1) is 16.3. The van der Waals surface area contributed by atoms with Gasteiger partial charge in [0.15, 0.2) is 0 Å². The van der Waals surface area contributed by atoms with E-state index in [0.29, 0.717) is 30.8 Å². The lowest BCUT2D eigenvalue weighted by atomic mass is 9.99. The number of methoxy groups -OCH3 is 1. The summed E-state index contributed by atoms with van der Waals surface area (Å²) in [4.78, 5) is 21.6. The molecule has 0 aliphatic carbocycles. The molecule has 2 heterocycles. The number of hydrogen-bond acceptors (Lipinski definition) is 6. The van der Waals surface area contributed by atoms with Gasteiger partial charge in [-0.2, -0.15) is 0 Å². The summed E-state index contributed by atoms with van der Waals surface area (Å²) in [5.74, 6) is 5.53. The number of ether oxygens (including phenoxy) is 2. The van der Waals surface area contributed by atoms with Gasteiger partial charge in [-0.1, -0.05) is 30.9 Å². The lowest BCUT2D eigenvalue weighted by molar-refractivity contribution is 0.0325. The summed E-state index contributed by atoms with van der Waals surface area (Å²) >= 11 is 0. The van der Waals surface area contributed by atoms with Crippen molar-refractivity contribution < 1.29 is 23.8 Å². The van der Waals surface area contributed by atoms with Crippen LogP contribution in [-0.4, -0.2) is 78.4 Å². The summed E-state index contributed by atoms with van der Waals surface area (Å²) in [6, 6.07) is 7.75. The number of carbonyl (C=O) groups excluding carboxylic acids is 1. The zero-order chi connectivity index (χ0) is 24.7. The number of aromatic nitrogens is 1. The first-order valence-electron chi connectivity index (χ1n) is 11.3. The number of amides is 1. The molecule has 0 radical (unpaired) electrons. The van der Waals surface area contributed by atoms with Gasteiger partial charge in [-0.05, 0) is 37.7 Å². The van der Waals surface area contributed by atoms with Crippen molar-refractivity contribution in [3.8, 4) is 17.7 Å². The predicted molar refractivity (Wildman–Crippen MR) is 127 cm³/mol. The Labute approximate surface area is 200 Å². The van der Waals surface area contributed by atoms with Gasteiger partial charge in [0, 0.05) is 44.4 Å². The molecule has 0 bridgehead atoms. The Morgan fingerprint density at radius 2 is 2.12 bits per heavy atom. The number of halogens is 1. The maximum absolute atomic E-state index is 13.4. The van der Waals surface area contributed by atoms with E-state index in [9.17, 15) is 14.3 Å². The maximum atomic E-state index is 13.4. The smallest absolute Gasteiger partial charge is 0.259 e. The minimum absolute atomic E-state index is 0.0234. The summed E-state index contributed by atoms with van der Waals surface area (Å²) < 4.78 is 24.5. The topological polar surface area (TPSA) is 75.1 Å². The van der Waals surface area contributed by atoms with Crippen LogP contribution in [0.4, 0.5) is 4.39 Å². The molecule has 7 nitrogen and oxygen atoms in total. The summed E-state index contributed by atoms with van der Waals surface area (Å²) in [5.41, 5.74) is 1.90. The van der Waals surface area contributed by atoms with Crippen LogP contribution in [-0.2, 0) is 11.3 Å². The van der Waals surface area contributed by atoms with Gasteiger partial charge < -0.3 is 19.5 Å². The third kappa shape index (κ3) is 6.54. The zero-order valence-corrected chi connectivity index (χ0v) is 20.1. The Hall–Kier alpha value is -2.99. The molecule has 1 aliphatic heterocycles. The summed E-state index contributed by atoms with van der Waals surface area (Å²) in [6.07, 6.45) is 1.32. The van der Waals surface area contributed by atoms with Crippen molar-refractivity contribution in [1.29, 1.82) is 0 Å². The van der Waals surface area contributed by atoms with E-state index in [1.165, 1.54) is 12.1 Å². The second-order valence-corrected chi connectivity index (χ2v) is 8.76. The van der Waals surface area contributed by atoms with Gasteiger partial charge in [-0.25, -0.2) is 9.37 Å². The highest BCUT2D eigenvalue weighted by atomic mass is 19.1. The minimum Gasteiger partial charge on any atom is -0.472 e. The van der Waals surface area contributed by atoms with Crippen molar-refractivity contribution in [3.05, 3.63) is 59.0 Å². The third-order valence-electron chi connectivity index (χ3n) is 5.83. The van der Waals surface area contributed by atoms with E-state index >= 15 is 0 Å². The molecule has 1 aromatic carbocycles. The Balaban J connectivity index is 1.88. The number of fused-ring (bicyclic) bond motifs is 1. The number of rotatable bonds is 7. The van der Waals surface area contributed by atoms with Crippen LogP contribution in [0.5, 0.6) is 5.88 Å². The van der Waals surface area contributed by atoms with Gasteiger partial charge in [0.25, 0.3) is 5.91 Å². The van der Waals surface area contributed by atoms with Gasteiger partial charge in [0.1, 0.15) is 24.1 Å². The second-order valence-electron chi connectivity index (χ2n) is 8.76. The number of pyridine rings is 1. The average Bonchev–Trinajstić information content (AvgIpc) is 2.82. The van der Waals surface area contributed by atoms with E-state index in [4.69, 9.17) is 9.47 Å². The number of aliphatic hydroxyl groups is 1. The number of carbonyl (C=O) groups is 1. The molecule has 0 spiro atoms. The molecule has 1 aromatic heterocycles. The van der Waals surface area contributed by atoms with Crippen molar-refractivity contribution >= 4 is 5.91 Å². The van der Waals surface area contributed by atoms with Crippen LogP contribution in [0.2, 0.25) is 0 Å². The van der Waals surface area contributed by atoms with E-state index in [0.717, 1.165) is 5.56 Å². The molecule has 0 unspecified atom stereocenters. The normalized spacial score (nSPS) is 18.9. The molecule has 0 saturated carbocycles. The molecular formula is C26H32FN3O4. The molecule has 0 saturated heterocycles. The van der Waals surface area contributed by atoms with Gasteiger partial charge >= 0.3 is 0 Å². The zero-order valence-electron chi connectivity index (χ0n) is 20.1. The van der Waals surface area contributed by atoms with Crippen molar-refractivity contribution in [2.45, 2.75) is 32.5 Å². The third-order valence-corrected chi connectivity index (χ3v) is 5.83. The molecule has 34 heavy (non-hydrogen) atoms. The Bertz CT molecular complexity index is 1030. The summed E-state index contributed by atoms with van der Waals surface area (Å²) in [5, 5.41) is 9.78. The van der Waals surface area contributed by atoms with Gasteiger partial charge in [0.2, 0.25) is 5.88 Å². The number of nitrogens with zero attached hydrogens (tertiary/aromatic N) is 3. The first kappa shape index (κ1) is 25.6.